The smallest absolute Gasteiger partial charge is 0.256 e. The second-order valence-electron chi connectivity index (χ2n) is 8.64. The molecule has 1 N–H and O–H groups in total. The summed E-state index contributed by atoms with van der Waals surface area (Å²) in [7, 11) is 3.17. The third kappa shape index (κ3) is 10.8. The molecule has 0 spiro atoms. The molecule has 3 aromatic carbocycles. The zero-order chi connectivity index (χ0) is 26.1. The van der Waals surface area contributed by atoms with E-state index in [0.717, 1.165) is 44.2 Å². The molecule has 0 bridgehead atoms. The fourth-order valence-corrected chi connectivity index (χ4v) is 4.13. The highest BCUT2D eigenvalue weighted by Crippen LogP contribution is 2.29. The van der Waals surface area contributed by atoms with Gasteiger partial charge in [0.05, 0.1) is 0 Å². The van der Waals surface area contributed by atoms with Gasteiger partial charge in [0.25, 0.3) is 5.17 Å². The number of aryl methyl sites for hydroxylation is 2. The average Bonchev–Trinajstić information content (AvgIpc) is 2.93. The number of rotatable bonds is 16. The molecule has 0 saturated heterocycles. The lowest BCUT2D eigenvalue weighted by molar-refractivity contribution is 0.0322. The lowest BCUT2D eigenvalue weighted by atomic mass is 10.0. The lowest BCUT2D eigenvalue weighted by Gasteiger charge is -2.21. The normalized spacial score (nSPS) is 11.5. The summed E-state index contributed by atoms with van der Waals surface area (Å²) in [6.45, 7) is 1.02. The van der Waals surface area contributed by atoms with E-state index in [9.17, 15) is 0 Å². The lowest BCUT2D eigenvalue weighted by Crippen LogP contribution is -2.31. The van der Waals surface area contributed by atoms with Crippen LogP contribution < -0.4 is 14.8 Å². The number of methoxy groups -OCH3 is 2. The molecule has 6 nitrogen and oxygen atoms in total. The van der Waals surface area contributed by atoms with E-state index in [0.29, 0.717) is 16.7 Å². The molecule has 0 aliphatic carbocycles. The SMILES string of the molecule is COCOc1ccc(CCC(CCc2ccccc2)OC(=S)NCCc2ccccc2)cc1OCOC. The van der Waals surface area contributed by atoms with Crippen LogP contribution in [0.3, 0.4) is 0 Å². The molecular weight excluding hydrogens is 486 g/mol. The highest BCUT2D eigenvalue weighted by molar-refractivity contribution is 7.80. The molecule has 0 saturated carbocycles. The summed E-state index contributed by atoms with van der Waals surface area (Å²) in [6, 6.07) is 26.7. The van der Waals surface area contributed by atoms with Gasteiger partial charge in [-0.15, -0.1) is 0 Å². The Hall–Kier alpha value is -3.13. The molecule has 37 heavy (non-hydrogen) atoms. The monoisotopic (exact) mass is 523 g/mol. The van der Waals surface area contributed by atoms with Crippen molar-refractivity contribution in [2.24, 2.45) is 0 Å². The van der Waals surface area contributed by atoms with E-state index < -0.39 is 0 Å². The van der Waals surface area contributed by atoms with Gasteiger partial charge in [-0.05, 0) is 73.1 Å². The van der Waals surface area contributed by atoms with Crippen molar-refractivity contribution in [3.8, 4) is 11.5 Å². The van der Waals surface area contributed by atoms with Crippen LogP contribution in [-0.4, -0.2) is 45.6 Å². The van der Waals surface area contributed by atoms with E-state index in [2.05, 4.69) is 41.7 Å². The Labute approximate surface area is 225 Å². The zero-order valence-corrected chi connectivity index (χ0v) is 22.5. The van der Waals surface area contributed by atoms with Gasteiger partial charge in [0, 0.05) is 20.8 Å². The molecule has 1 atom stereocenters. The summed E-state index contributed by atoms with van der Waals surface area (Å²) >= 11 is 5.54. The maximum absolute atomic E-state index is 6.23. The highest BCUT2D eigenvalue weighted by Gasteiger charge is 2.15. The first kappa shape index (κ1) is 28.4. The fourth-order valence-electron chi connectivity index (χ4n) is 3.89. The molecule has 0 aromatic heterocycles. The van der Waals surface area contributed by atoms with Crippen molar-refractivity contribution in [1.29, 1.82) is 0 Å². The van der Waals surface area contributed by atoms with Gasteiger partial charge in [-0.25, -0.2) is 0 Å². The van der Waals surface area contributed by atoms with Crippen molar-refractivity contribution in [2.45, 2.75) is 38.2 Å². The van der Waals surface area contributed by atoms with Crippen LogP contribution in [0.5, 0.6) is 11.5 Å². The van der Waals surface area contributed by atoms with Gasteiger partial charge in [0.2, 0.25) is 0 Å². The molecule has 3 aromatic rings. The fraction of sp³-hybridized carbons (Fsp3) is 0.367. The summed E-state index contributed by atoms with van der Waals surface area (Å²) in [6.07, 6.45) is 4.27. The summed E-state index contributed by atoms with van der Waals surface area (Å²) < 4.78 is 27.7. The summed E-state index contributed by atoms with van der Waals surface area (Å²) in [5.41, 5.74) is 3.67. The van der Waals surface area contributed by atoms with E-state index >= 15 is 0 Å². The molecule has 0 amide bonds. The predicted octanol–water partition coefficient (Wildman–Crippen LogP) is 5.72. The molecule has 0 heterocycles. The van der Waals surface area contributed by atoms with Crippen molar-refractivity contribution in [3.63, 3.8) is 0 Å². The van der Waals surface area contributed by atoms with Crippen LogP contribution in [0.15, 0.2) is 78.9 Å². The van der Waals surface area contributed by atoms with Crippen LogP contribution in [-0.2, 0) is 33.5 Å². The zero-order valence-electron chi connectivity index (χ0n) is 21.7. The van der Waals surface area contributed by atoms with E-state index in [1.165, 1.54) is 11.1 Å². The molecule has 7 heteroatoms. The number of hydrogen-bond donors (Lipinski definition) is 1. The van der Waals surface area contributed by atoms with Crippen LogP contribution in [0, 0.1) is 0 Å². The highest BCUT2D eigenvalue weighted by atomic mass is 32.1. The minimum absolute atomic E-state index is 0.0234. The summed E-state index contributed by atoms with van der Waals surface area (Å²) in [5, 5.41) is 3.71. The Balaban J connectivity index is 1.59. The largest absolute Gasteiger partial charge is 0.468 e. The summed E-state index contributed by atoms with van der Waals surface area (Å²) in [4.78, 5) is 0. The second kappa shape index (κ2) is 16.6. The van der Waals surface area contributed by atoms with Crippen LogP contribution in [0.1, 0.15) is 29.5 Å². The number of benzene rings is 3. The first-order valence-electron chi connectivity index (χ1n) is 12.6. The van der Waals surface area contributed by atoms with Gasteiger partial charge in [0.1, 0.15) is 6.10 Å². The van der Waals surface area contributed by atoms with Crippen LogP contribution >= 0.6 is 12.2 Å². The van der Waals surface area contributed by atoms with E-state index in [1.807, 2.05) is 42.5 Å². The van der Waals surface area contributed by atoms with E-state index in [-0.39, 0.29) is 19.7 Å². The molecule has 0 aliphatic heterocycles. The Bertz CT molecular complexity index is 1050. The number of thiocarbonyl (C=S) groups is 1. The minimum Gasteiger partial charge on any atom is -0.468 e. The maximum Gasteiger partial charge on any atom is 0.256 e. The van der Waals surface area contributed by atoms with Crippen molar-refractivity contribution in [2.75, 3.05) is 34.4 Å². The molecular formula is C30H37NO5S. The van der Waals surface area contributed by atoms with Gasteiger partial charge in [-0.3, -0.25) is 0 Å². The van der Waals surface area contributed by atoms with Crippen LogP contribution in [0.2, 0.25) is 0 Å². The second-order valence-corrected chi connectivity index (χ2v) is 9.01. The number of ether oxygens (including phenoxy) is 5. The van der Waals surface area contributed by atoms with Crippen LogP contribution in [0.4, 0.5) is 0 Å². The Morgan fingerprint density at radius 3 is 1.89 bits per heavy atom. The Morgan fingerprint density at radius 1 is 0.703 bits per heavy atom. The minimum atomic E-state index is -0.0234. The first-order chi connectivity index (χ1) is 18.2. The molecule has 198 valence electrons. The van der Waals surface area contributed by atoms with Gasteiger partial charge in [-0.2, -0.15) is 0 Å². The third-order valence-corrected chi connectivity index (χ3v) is 6.07. The summed E-state index contributed by atoms with van der Waals surface area (Å²) in [5.74, 6) is 1.24. The molecule has 3 rings (SSSR count). The third-order valence-electron chi connectivity index (χ3n) is 5.83. The number of hydrogen-bond acceptors (Lipinski definition) is 6. The van der Waals surface area contributed by atoms with E-state index in [1.54, 1.807) is 14.2 Å². The topological polar surface area (TPSA) is 58.2 Å². The van der Waals surface area contributed by atoms with Crippen molar-refractivity contribution in [1.82, 2.24) is 5.32 Å². The molecule has 0 radical (unpaired) electrons. The molecule has 1 unspecified atom stereocenters. The number of nitrogens with one attached hydrogen (secondary N) is 1. The van der Waals surface area contributed by atoms with Gasteiger partial charge >= 0.3 is 0 Å². The van der Waals surface area contributed by atoms with Crippen molar-refractivity contribution in [3.05, 3.63) is 95.6 Å². The average molecular weight is 524 g/mol. The maximum atomic E-state index is 6.23. The first-order valence-corrected chi connectivity index (χ1v) is 13.0. The van der Waals surface area contributed by atoms with Crippen LogP contribution in [0.25, 0.3) is 0 Å². The quantitative estimate of drug-likeness (QED) is 0.190. The van der Waals surface area contributed by atoms with Gasteiger partial charge in [0.15, 0.2) is 25.1 Å². The van der Waals surface area contributed by atoms with E-state index in [4.69, 9.17) is 35.9 Å². The van der Waals surface area contributed by atoms with Crippen molar-refractivity contribution < 1.29 is 23.7 Å². The van der Waals surface area contributed by atoms with Gasteiger partial charge < -0.3 is 29.0 Å². The molecule has 0 aliphatic rings. The van der Waals surface area contributed by atoms with Crippen molar-refractivity contribution >= 4 is 17.4 Å². The predicted molar refractivity (Wildman–Crippen MR) is 150 cm³/mol. The van der Waals surface area contributed by atoms with Gasteiger partial charge in [-0.1, -0.05) is 66.7 Å². The molecule has 0 fully saturated rings. The standard InChI is InChI=1S/C30H37NO5S/c1-32-22-34-28-18-15-26(21-29(28)35-23-33-2)14-17-27(16-13-24-9-5-3-6-10-24)36-30(37)31-20-19-25-11-7-4-8-12-25/h3-12,15,18,21,27H,13-14,16-17,19-20,22-23H2,1-2H3,(H,31,37). The Kier molecular flexibility index (Phi) is 12.7. The Morgan fingerprint density at radius 2 is 1.27 bits per heavy atom.